The van der Waals surface area contributed by atoms with Crippen LogP contribution in [0.5, 0.6) is 0 Å². The molecular weight excluding hydrogens is 400 g/mol. The highest BCUT2D eigenvalue weighted by atomic mass is 35.5. The van der Waals surface area contributed by atoms with E-state index in [9.17, 15) is 4.79 Å². The van der Waals surface area contributed by atoms with Crippen molar-refractivity contribution in [1.82, 2.24) is 19.5 Å². The van der Waals surface area contributed by atoms with E-state index in [1.165, 1.54) is 13.3 Å². The minimum absolute atomic E-state index is 0.116. The number of imidazole rings is 1. The van der Waals surface area contributed by atoms with Crippen LogP contribution in [0, 0.1) is 5.41 Å². The molecule has 0 radical (unpaired) electrons. The highest BCUT2D eigenvalue weighted by Crippen LogP contribution is 2.40. The second kappa shape index (κ2) is 8.06. The van der Waals surface area contributed by atoms with Crippen LogP contribution in [0.2, 0.25) is 18.2 Å². The zero-order chi connectivity index (χ0) is 20.6. The smallest absolute Gasteiger partial charge is 0.303 e. The molecule has 0 saturated carbocycles. The van der Waals surface area contributed by atoms with Crippen molar-refractivity contribution >= 4 is 37.8 Å². The van der Waals surface area contributed by atoms with Crippen molar-refractivity contribution in [2.45, 2.75) is 71.7 Å². The second-order valence-corrected chi connectivity index (χ2v) is 11.1. The van der Waals surface area contributed by atoms with Crippen molar-refractivity contribution in [3.8, 4) is 0 Å². The first kappa shape index (κ1) is 21.2. The first-order chi connectivity index (χ1) is 13.1. The summed E-state index contributed by atoms with van der Waals surface area (Å²) in [5, 5.41) is 0.268. The van der Waals surface area contributed by atoms with Gasteiger partial charge in [0.2, 0.25) is 0 Å². The van der Waals surface area contributed by atoms with Crippen LogP contribution in [0.3, 0.4) is 0 Å². The molecule has 1 aliphatic heterocycles. The van der Waals surface area contributed by atoms with Gasteiger partial charge in [-0.15, -0.1) is 0 Å². The summed E-state index contributed by atoms with van der Waals surface area (Å²) < 4.78 is 20.1. The SMILES string of the molecule is CC(=O)O[C@@H]1C[C@@H](C(O[SiH](C)C)C(C)(C)C)O[C@H]1n1cnc2c(Cl)ncnc21. The molecule has 1 unspecified atom stereocenters. The number of esters is 1. The van der Waals surface area contributed by atoms with E-state index in [4.69, 9.17) is 25.5 Å². The average Bonchev–Trinajstić information content (AvgIpc) is 3.15. The Kier molecular flexibility index (Phi) is 6.09. The Hall–Kier alpha value is -1.55. The summed E-state index contributed by atoms with van der Waals surface area (Å²) in [4.78, 5) is 24.3. The summed E-state index contributed by atoms with van der Waals surface area (Å²) in [5.74, 6) is -0.359. The van der Waals surface area contributed by atoms with Crippen molar-refractivity contribution < 1.29 is 18.7 Å². The average molecular weight is 427 g/mol. The van der Waals surface area contributed by atoms with Gasteiger partial charge in [-0.05, 0) is 18.5 Å². The number of hydrogen-bond donors (Lipinski definition) is 0. The summed E-state index contributed by atoms with van der Waals surface area (Å²) in [6, 6.07) is 0. The molecule has 10 heteroatoms. The molecule has 3 rings (SSSR count). The van der Waals surface area contributed by atoms with E-state index in [2.05, 4.69) is 48.8 Å². The van der Waals surface area contributed by atoms with Crippen LogP contribution < -0.4 is 0 Å². The molecule has 1 saturated heterocycles. The molecule has 0 bridgehead atoms. The maximum Gasteiger partial charge on any atom is 0.303 e. The van der Waals surface area contributed by atoms with Gasteiger partial charge < -0.3 is 13.9 Å². The molecule has 2 aromatic heterocycles. The molecule has 0 aromatic carbocycles. The molecule has 8 nitrogen and oxygen atoms in total. The number of nitrogens with zero attached hydrogens (tertiary/aromatic N) is 4. The lowest BCUT2D eigenvalue weighted by Gasteiger charge is -2.36. The van der Waals surface area contributed by atoms with Crippen LogP contribution in [-0.2, 0) is 18.7 Å². The van der Waals surface area contributed by atoms with Gasteiger partial charge in [-0.2, -0.15) is 0 Å². The van der Waals surface area contributed by atoms with Crippen molar-refractivity contribution in [2.75, 3.05) is 0 Å². The lowest BCUT2D eigenvalue weighted by atomic mass is 9.85. The van der Waals surface area contributed by atoms with Gasteiger partial charge in [0.25, 0.3) is 0 Å². The monoisotopic (exact) mass is 426 g/mol. The summed E-state index contributed by atoms with van der Waals surface area (Å²) in [5.41, 5.74) is 0.894. The molecular formula is C18H27ClN4O4Si. The summed E-state index contributed by atoms with van der Waals surface area (Å²) in [6.45, 7) is 12.1. The van der Waals surface area contributed by atoms with E-state index in [0.29, 0.717) is 17.6 Å². The summed E-state index contributed by atoms with van der Waals surface area (Å²) >= 11 is 6.13. The van der Waals surface area contributed by atoms with Crippen LogP contribution in [0.1, 0.15) is 40.3 Å². The van der Waals surface area contributed by atoms with Crippen molar-refractivity contribution in [3.63, 3.8) is 0 Å². The Morgan fingerprint density at radius 1 is 1.36 bits per heavy atom. The third-order valence-corrected chi connectivity index (χ3v) is 5.73. The van der Waals surface area contributed by atoms with E-state index in [1.54, 1.807) is 10.9 Å². The topological polar surface area (TPSA) is 88.4 Å². The molecule has 0 amide bonds. The molecule has 4 atom stereocenters. The van der Waals surface area contributed by atoms with Crippen LogP contribution in [0.4, 0.5) is 0 Å². The normalized spacial score (nSPS) is 24.1. The summed E-state index contributed by atoms with van der Waals surface area (Å²) in [6.07, 6.45) is 2.13. The van der Waals surface area contributed by atoms with E-state index in [-0.39, 0.29) is 28.7 Å². The third-order valence-electron chi connectivity index (χ3n) is 4.61. The fourth-order valence-electron chi connectivity index (χ4n) is 3.58. The van der Waals surface area contributed by atoms with Crippen molar-refractivity contribution in [3.05, 3.63) is 17.8 Å². The van der Waals surface area contributed by atoms with Gasteiger partial charge >= 0.3 is 5.97 Å². The van der Waals surface area contributed by atoms with E-state index < -0.39 is 21.4 Å². The van der Waals surface area contributed by atoms with Gasteiger partial charge in [0.15, 0.2) is 26.1 Å². The highest BCUT2D eigenvalue weighted by molar-refractivity contribution is 6.48. The maximum absolute atomic E-state index is 11.7. The Morgan fingerprint density at radius 3 is 2.68 bits per heavy atom. The van der Waals surface area contributed by atoms with Gasteiger partial charge in [0.05, 0.1) is 18.5 Å². The standard InChI is InChI=1S/C18H27ClN4O4Si/c1-10(24)25-12-7-11(14(18(2,3)4)27-28(5)6)26-17(12)23-9-22-13-15(19)20-8-21-16(13)23/h8-9,11-12,14,17,28H,7H2,1-6H3/t11-,12+,14?,17+/m0/s1. The molecule has 2 aromatic rings. The second-order valence-electron chi connectivity index (χ2n) is 8.41. The molecule has 0 aliphatic carbocycles. The van der Waals surface area contributed by atoms with Gasteiger partial charge in [0, 0.05) is 13.3 Å². The van der Waals surface area contributed by atoms with Crippen LogP contribution in [-0.4, -0.2) is 52.8 Å². The number of rotatable bonds is 5. The molecule has 1 fully saturated rings. The number of halogens is 1. The van der Waals surface area contributed by atoms with Crippen molar-refractivity contribution in [1.29, 1.82) is 0 Å². The van der Waals surface area contributed by atoms with Gasteiger partial charge in [-0.1, -0.05) is 32.4 Å². The fraction of sp³-hybridized carbons (Fsp3) is 0.667. The molecule has 0 spiro atoms. The first-order valence-corrected chi connectivity index (χ1v) is 12.5. The minimum Gasteiger partial charge on any atom is -0.458 e. The predicted octanol–water partition coefficient (Wildman–Crippen LogP) is 3.11. The number of carbonyl (C=O) groups excluding carboxylic acids is 1. The van der Waals surface area contributed by atoms with Gasteiger partial charge in [0.1, 0.15) is 17.9 Å². The van der Waals surface area contributed by atoms with Crippen LogP contribution in [0.25, 0.3) is 11.2 Å². The third kappa shape index (κ3) is 4.37. The largest absolute Gasteiger partial charge is 0.458 e. The molecule has 154 valence electrons. The van der Waals surface area contributed by atoms with Gasteiger partial charge in [-0.3, -0.25) is 9.36 Å². The Balaban J connectivity index is 1.96. The molecule has 1 aliphatic rings. The number of hydrogen-bond acceptors (Lipinski definition) is 7. The number of aromatic nitrogens is 4. The highest BCUT2D eigenvalue weighted by Gasteiger charge is 2.46. The zero-order valence-corrected chi connectivity index (χ0v) is 19.0. The van der Waals surface area contributed by atoms with Crippen LogP contribution in [0.15, 0.2) is 12.7 Å². The number of carbonyl (C=O) groups is 1. The minimum atomic E-state index is -1.31. The van der Waals surface area contributed by atoms with E-state index in [0.717, 1.165) is 0 Å². The van der Waals surface area contributed by atoms with Crippen molar-refractivity contribution in [2.24, 2.45) is 5.41 Å². The molecule has 3 heterocycles. The Labute approximate surface area is 171 Å². The number of fused-ring (bicyclic) bond motifs is 1. The lowest BCUT2D eigenvalue weighted by Crippen LogP contribution is -2.42. The Bertz CT molecular complexity index is 854. The maximum atomic E-state index is 11.7. The van der Waals surface area contributed by atoms with E-state index >= 15 is 0 Å². The fourth-order valence-corrected chi connectivity index (χ4v) is 4.93. The predicted molar refractivity (Wildman–Crippen MR) is 108 cm³/mol. The summed E-state index contributed by atoms with van der Waals surface area (Å²) in [7, 11) is -1.31. The Morgan fingerprint density at radius 2 is 2.07 bits per heavy atom. The van der Waals surface area contributed by atoms with Gasteiger partial charge in [-0.25, -0.2) is 15.0 Å². The lowest BCUT2D eigenvalue weighted by molar-refractivity contribution is -0.153. The zero-order valence-electron chi connectivity index (χ0n) is 17.0. The molecule has 0 N–H and O–H groups in total. The first-order valence-electron chi connectivity index (χ1n) is 9.39. The van der Waals surface area contributed by atoms with Crippen LogP contribution >= 0.6 is 11.6 Å². The number of ether oxygens (including phenoxy) is 2. The quantitative estimate of drug-likeness (QED) is 0.412. The van der Waals surface area contributed by atoms with E-state index in [1.807, 2.05) is 0 Å². The molecule has 28 heavy (non-hydrogen) atoms.